The Morgan fingerprint density at radius 1 is 0.275 bits per heavy atom. The van der Waals surface area contributed by atoms with Gasteiger partial charge in [-0.15, -0.1) is 0 Å². The van der Waals surface area contributed by atoms with Gasteiger partial charge in [0, 0.05) is 0 Å². The molecule has 9 rings (SSSR count). The fraction of sp³-hybridized carbons (Fsp3) is 0. The van der Waals surface area contributed by atoms with Crippen molar-refractivity contribution in [1.82, 2.24) is 0 Å². The fourth-order valence-electron chi connectivity index (χ4n) is 6.92. The molecule has 0 saturated heterocycles. The van der Waals surface area contributed by atoms with Gasteiger partial charge in [0.15, 0.2) is 0 Å². The number of fused-ring (bicyclic) bond motifs is 7. The lowest BCUT2D eigenvalue weighted by Crippen LogP contribution is -1.88. The lowest BCUT2D eigenvalue weighted by atomic mass is 9.87. The molecule has 8 aromatic rings. The minimum atomic E-state index is 1.26. The molecule has 0 aliphatic heterocycles. The molecule has 8 aromatic carbocycles. The van der Waals surface area contributed by atoms with Crippen LogP contribution in [0.4, 0.5) is 0 Å². The lowest BCUT2D eigenvalue weighted by Gasteiger charge is -2.16. The van der Waals surface area contributed by atoms with Crippen molar-refractivity contribution >= 4 is 43.1 Å². The molecule has 0 aromatic heterocycles. The molecule has 0 unspecified atom stereocenters. The Labute approximate surface area is 232 Å². The largest absolute Gasteiger partial charge is 0.0616 e. The molecule has 0 spiro atoms. The predicted molar refractivity (Wildman–Crippen MR) is 172 cm³/mol. The molecule has 0 amide bonds. The SMILES string of the molecule is c1ccc2cc(-c3ccc4c(c3)-c3cccc5c(-c6ccc7ccccc7c6)c6ccccc6c-4c35)ccc2c1. The van der Waals surface area contributed by atoms with Crippen LogP contribution < -0.4 is 0 Å². The molecule has 184 valence electrons. The van der Waals surface area contributed by atoms with E-state index in [9.17, 15) is 0 Å². The molecule has 1 aliphatic carbocycles. The van der Waals surface area contributed by atoms with Gasteiger partial charge >= 0.3 is 0 Å². The zero-order chi connectivity index (χ0) is 26.2. The Kier molecular flexibility index (Phi) is 4.42. The molecule has 0 nitrogen and oxygen atoms in total. The van der Waals surface area contributed by atoms with Gasteiger partial charge in [-0.1, -0.05) is 127 Å². The third kappa shape index (κ3) is 3.02. The van der Waals surface area contributed by atoms with Crippen LogP contribution >= 0.6 is 0 Å². The van der Waals surface area contributed by atoms with Gasteiger partial charge in [-0.05, 0) is 106 Å². The molecular weight excluding hydrogens is 480 g/mol. The Balaban J connectivity index is 1.33. The van der Waals surface area contributed by atoms with E-state index in [1.807, 2.05) is 0 Å². The van der Waals surface area contributed by atoms with Crippen molar-refractivity contribution in [2.75, 3.05) is 0 Å². The van der Waals surface area contributed by atoms with Crippen molar-refractivity contribution in [3.63, 3.8) is 0 Å². The van der Waals surface area contributed by atoms with E-state index in [4.69, 9.17) is 0 Å². The molecule has 0 N–H and O–H groups in total. The third-order valence-corrected chi connectivity index (χ3v) is 8.75. The van der Waals surface area contributed by atoms with E-state index in [1.165, 1.54) is 87.6 Å². The second kappa shape index (κ2) is 8.15. The van der Waals surface area contributed by atoms with Crippen LogP contribution in [0.2, 0.25) is 0 Å². The zero-order valence-corrected chi connectivity index (χ0v) is 21.9. The van der Waals surface area contributed by atoms with E-state index in [0.717, 1.165) is 0 Å². The zero-order valence-electron chi connectivity index (χ0n) is 21.9. The Morgan fingerprint density at radius 3 is 1.57 bits per heavy atom. The van der Waals surface area contributed by atoms with Crippen molar-refractivity contribution in [3.05, 3.63) is 146 Å². The van der Waals surface area contributed by atoms with Crippen LogP contribution in [-0.2, 0) is 0 Å². The lowest BCUT2D eigenvalue weighted by molar-refractivity contribution is 1.64. The quantitative estimate of drug-likeness (QED) is 0.205. The van der Waals surface area contributed by atoms with Crippen molar-refractivity contribution < 1.29 is 0 Å². The molecule has 0 radical (unpaired) electrons. The molecule has 0 heterocycles. The number of hydrogen-bond donors (Lipinski definition) is 0. The molecule has 0 heteroatoms. The Bertz CT molecular complexity index is 2320. The second-order valence-electron chi connectivity index (χ2n) is 10.9. The first-order chi connectivity index (χ1) is 19.8. The van der Waals surface area contributed by atoms with E-state index in [2.05, 4.69) is 146 Å². The first-order valence-corrected chi connectivity index (χ1v) is 13.9. The highest BCUT2D eigenvalue weighted by molar-refractivity contribution is 6.29. The van der Waals surface area contributed by atoms with Crippen molar-refractivity contribution in [2.45, 2.75) is 0 Å². The maximum absolute atomic E-state index is 2.40. The molecular formula is C40H24. The van der Waals surface area contributed by atoms with Gasteiger partial charge in [0.05, 0.1) is 0 Å². The monoisotopic (exact) mass is 504 g/mol. The highest BCUT2D eigenvalue weighted by Gasteiger charge is 2.26. The number of rotatable bonds is 2. The molecule has 0 atom stereocenters. The highest BCUT2D eigenvalue weighted by Crippen LogP contribution is 2.54. The van der Waals surface area contributed by atoms with Gasteiger partial charge in [0.2, 0.25) is 0 Å². The average Bonchev–Trinajstić information content (AvgIpc) is 3.36. The Morgan fingerprint density at radius 2 is 0.825 bits per heavy atom. The average molecular weight is 505 g/mol. The summed E-state index contributed by atoms with van der Waals surface area (Å²) in [7, 11) is 0. The summed E-state index contributed by atoms with van der Waals surface area (Å²) in [6.45, 7) is 0. The smallest absolute Gasteiger partial charge is 0.00137 e. The summed E-state index contributed by atoms with van der Waals surface area (Å²) < 4.78 is 0. The van der Waals surface area contributed by atoms with Gasteiger partial charge in [-0.25, -0.2) is 0 Å². The van der Waals surface area contributed by atoms with E-state index in [0.29, 0.717) is 0 Å². The van der Waals surface area contributed by atoms with Crippen LogP contribution in [0.15, 0.2) is 146 Å². The van der Waals surface area contributed by atoms with Crippen LogP contribution in [0.1, 0.15) is 0 Å². The summed E-state index contributed by atoms with van der Waals surface area (Å²) in [6.07, 6.45) is 0. The third-order valence-electron chi connectivity index (χ3n) is 8.75. The van der Waals surface area contributed by atoms with Gasteiger partial charge in [-0.3, -0.25) is 0 Å². The summed E-state index contributed by atoms with van der Waals surface area (Å²) >= 11 is 0. The molecule has 0 bridgehead atoms. The second-order valence-corrected chi connectivity index (χ2v) is 10.9. The first kappa shape index (κ1) is 21.7. The summed E-state index contributed by atoms with van der Waals surface area (Å²) in [4.78, 5) is 0. The van der Waals surface area contributed by atoms with Gasteiger partial charge in [0.25, 0.3) is 0 Å². The molecule has 1 aliphatic rings. The number of benzene rings is 8. The minimum Gasteiger partial charge on any atom is -0.0616 e. The number of hydrogen-bond acceptors (Lipinski definition) is 0. The van der Waals surface area contributed by atoms with E-state index >= 15 is 0 Å². The summed E-state index contributed by atoms with van der Waals surface area (Å²) in [5, 5.41) is 10.4. The van der Waals surface area contributed by atoms with Crippen LogP contribution in [0.5, 0.6) is 0 Å². The van der Waals surface area contributed by atoms with E-state index < -0.39 is 0 Å². The molecule has 0 saturated carbocycles. The van der Waals surface area contributed by atoms with E-state index in [-0.39, 0.29) is 0 Å². The maximum Gasteiger partial charge on any atom is -0.00137 e. The van der Waals surface area contributed by atoms with E-state index in [1.54, 1.807) is 0 Å². The first-order valence-electron chi connectivity index (χ1n) is 13.9. The maximum atomic E-state index is 2.40. The van der Waals surface area contributed by atoms with Crippen molar-refractivity contribution in [1.29, 1.82) is 0 Å². The fourth-order valence-corrected chi connectivity index (χ4v) is 6.92. The minimum absolute atomic E-state index is 1.26. The van der Waals surface area contributed by atoms with Gasteiger partial charge in [-0.2, -0.15) is 0 Å². The van der Waals surface area contributed by atoms with Gasteiger partial charge in [0.1, 0.15) is 0 Å². The summed E-state index contributed by atoms with van der Waals surface area (Å²) in [6, 6.07) is 53.8. The highest BCUT2D eigenvalue weighted by atomic mass is 14.3. The van der Waals surface area contributed by atoms with Gasteiger partial charge < -0.3 is 0 Å². The van der Waals surface area contributed by atoms with Crippen molar-refractivity contribution in [2.24, 2.45) is 0 Å². The summed E-state index contributed by atoms with van der Waals surface area (Å²) in [5.41, 5.74) is 10.5. The predicted octanol–water partition coefficient (Wildman–Crippen LogP) is 11.3. The normalized spacial score (nSPS) is 12.0. The Hall–Kier alpha value is -5.20. The molecule has 0 fully saturated rings. The van der Waals surface area contributed by atoms with Crippen LogP contribution in [-0.4, -0.2) is 0 Å². The molecule has 40 heavy (non-hydrogen) atoms. The van der Waals surface area contributed by atoms with Crippen LogP contribution in [0.25, 0.3) is 87.6 Å². The summed E-state index contributed by atoms with van der Waals surface area (Å²) in [5.74, 6) is 0. The van der Waals surface area contributed by atoms with Crippen molar-refractivity contribution in [3.8, 4) is 44.5 Å². The topological polar surface area (TPSA) is 0 Å². The van der Waals surface area contributed by atoms with Crippen LogP contribution in [0.3, 0.4) is 0 Å². The van der Waals surface area contributed by atoms with Crippen LogP contribution in [0, 0.1) is 0 Å². The standard InChI is InChI=1S/C40H24/c1-3-10-27-22-29(18-16-25(27)8-1)30-20-21-35-37(24-30)34-14-7-15-36-38(31-19-17-26-9-2-4-11-28(26)23-31)32-12-5-6-13-33(32)39(35)40(34)36/h1-24H.